The molecule has 0 spiro atoms. The van der Waals surface area contributed by atoms with E-state index >= 15 is 0 Å². The zero-order valence-electron chi connectivity index (χ0n) is 18.9. The average molecular weight is 518 g/mol. The van der Waals surface area contributed by atoms with Gasteiger partial charge in [0.2, 0.25) is 0 Å². The number of azide groups is 1. The number of aromatic nitrogens is 1. The third kappa shape index (κ3) is 4.27. The lowest BCUT2D eigenvalue weighted by atomic mass is 10.1. The van der Waals surface area contributed by atoms with Crippen LogP contribution in [0.3, 0.4) is 0 Å². The Morgan fingerprint density at radius 2 is 1.52 bits per heavy atom. The lowest BCUT2D eigenvalue weighted by Gasteiger charge is -2.43. The largest absolute Gasteiger partial charge is 0.533 e. The van der Waals surface area contributed by atoms with E-state index < -0.39 is 8.32 Å². The number of alkyl halides is 1. The highest BCUT2D eigenvalue weighted by Gasteiger charge is 2.52. The normalized spacial score (nSPS) is 11.8. The lowest BCUT2D eigenvalue weighted by Crippen LogP contribution is -2.68. The van der Waals surface area contributed by atoms with Gasteiger partial charge in [-0.1, -0.05) is 109 Å². The van der Waals surface area contributed by atoms with Crippen LogP contribution >= 0.6 is 15.9 Å². The molecule has 0 aliphatic rings. The average Bonchev–Trinajstić information content (AvgIpc) is 2.83. The van der Waals surface area contributed by atoms with Crippen LogP contribution in [0.2, 0.25) is 5.04 Å². The van der Waals surface area contributed by atoms with E-state index in [0.717, 1.165) is 11.1 Å². The molecule has 0 saturated carbocycles. The number of halogens is 1. The number of pyridine rings is 1. The van der Waals surface area contributed by atoms with Gasteiger partial charge in [0.1, 0.15) is 11.3 Å². The second kappa shape index (κ2) is 9.39. The first-order chi connectivity index (χ1) is 15.9. The molecule has 1 heterocycles. The number of nitrogens with zero attached hydrogens (tertiary/aromatic N) is 4. The molecule has 0 N–H and O–H groups in total. The van der Waals surface area contributed by atoms with Crippen molar-refractivity contribution >= 4 is 51.2 Å². The van der Waals surface area contributed by atoms with Crippen LogP contribution in [0, 0.1) is 0 Å². The summed E-state index contributed by atoms with van der Waals surface area (Å²) >= 11 is 3.51. The van der Waals surface area contributed by atoms with Gasteiger partial charge in [0, 0.05) is 21.3 Å². The van der Waals surface area contributed by atoms with Crippen molar-refractivity contribution in [1.29, 1.82) is 0 Å². The van der Waals surface area contributed by atoms with Crippen molar-refractivity contribution in [3.8, 4) is 5.75 Å². The maximum Gasteiger partial charge on any atom is 0.320 e. The summed E-state index contributed by atoms with van der Waals surface area (Å²) in [4.78, 5) is 7.85. The Balaban J connectivity index is 2.03. The van der Waals surface area contributed by atoms with Gasteiger partial charge >= 0.3 is 8.32 Å². The maximum absolute atomic E-state index is 9.05. The van der Waals surface area contributed by atoms with E-state index in [1.165, 1.54) is 10.4 Å². The predicted molar refractivity (Wildman–Crippen MR) is 141 cm³/mol. The first-order valence-corrected chi connectivity index (χ1v) is 13.8. The van der Waals surface area contributed by atoms with Crippen LogP contribution in [0.4, 0.5) is 5.69 Å². The molecule has 1 aromatic heterocycles. The molecule has 3 aromatic carbocycles. The van der Waals surface area contributed by atoms with Gasteiger partial charge in [-0.15, -0.1) is 0 Å². The van der Waals surface area contributed by atoms with E-state index in [2.05, 4.69) is 95.3 Å². The highest BCUT2D eigenvalue weighted by molar-refractivity contribution is 9.08. The van der Waals surface area contributed by atoms with E-state index in [1.807, 2.05) is 36.4 Å². The van der Waals surface area contributed by atoms with Crippen LogP contribution in [0.5, 0.6) is 5.75 Å². The first-order valence-electron chi connectivity index (χ1n) is 10.7. The van der Waals surface area contributed by atoms with Gasteiger partial charge in [-0.2, -0.15) is 0 Å². The van der Waals surface area contributed by atoms with E-state index in [9.17, 15) is 0 Å². The molecular weight excluding hydrogens is 492 g/mol. The summed E-state index contributed by atoms with van der Waals surface area (Å²) in [5.41, 5.74) is 11.2. The molecule has 0 saturated heterocycles. The van der Waals surface area contributed by atoms with Crippen molar-refractivity contribution in [3.63, 3.8) is 0 Å². The minimum absolute atomic E-state index is 0.182. The SMILES string of the molecule is CC(C)(C)[Si](Oc1ccc(N=[N+]=[N-])c2ccc(CBr)nc12)(c1ccccc1)c1ccccc1. The van der Waals surface area contributed by atoms with Crippen LogP contribution in [0.15, 0.2) is 90.0 Å². The molecule has 166 valence electrons. The van der Waals surface area contributed by atoms with Crippen LogP contribution in [-0.4, -0.2) is 13.3 Å². The molecule has 0 unspecified atom stereocenters. The zero-order valence-corrected chi connectivity index (χ0v) is 21.5. The summed E-state index contributed by atoms with van der Waals surface area (Å²) in [6, 6.07) is 28.6. The standard InChI is InChI=1S/C26H25BrN4OSi/c1-26(2,3)33(20-10-6-4-7-11-20,21-12-8-5-9-13-21)32-24-17-16-23(30-31-28)22-15-14-19(18-27)29-25(22)24/h4-17H,18H2,1-3H3. The molecule has 0 amide bonds. The Morgan fingerprint density at radius 3 is 2.03 bits per heavy atom. The Bertz CT molecular complexity index is 1280. The lowest BCUT2D eigenvalue weighted by molar-refractivity contribution is 0.512. The fraction of sp³-hybridized carbons (Fsp3) is 0.192. The van der Waals surface area contributed by atoms with E-state index in [0.29, 0.717) is 22.3 Å². The van der Waals surface area contributed by atoms with Gasteiger partial charge in [-0.05, 0) is 39.1 Å². The van der Waals surface area contributed by atoms with Crippen molar-refractivity contribution < 1.29 is 4.43 Å². The van der Waals surface area contributed by atoms with Crippen molar-refractivity contribution in [2.45, 2.75) is 31.1 Å². The summed E-state index contributed by atoms with van der Waals surface area (Å²) in [6.07, 6.45) is 0. The van der Waals surface area contributed by atoms with Gasteiger partial charge in [0.15, 0.2) is 0 Å². The Labute approximate surface area is 203 Å². The Kier molecular flexibility index (Phi) is 6.56. The zero-order chi connectivity index (χ0) is 23.5. The third-order valence-electron chi connectivity index (χ3n) is 5.82. The van der Waals surface area contributed by atoms with Crippen molar-refractivity contribution in [3.05, 3.63) is 101 Å². The molecule has 4 aromatic rings. The summed E-state index contributed by atoms with van der Waals surface area (Å²) in [5, 5.41) is 7.46. The molecule has 0 radical (unpaired) electrons. The van der Waals surface area contributed by atoms with Gasteiger partial charge in [0.25, 0.3) is 0 Å². The molecule has 0 fully saturated rings. The van der Waals surface area contributed by atoms with Crippen molar-refractivity contribution in [2.75, 3.05) is 0 Å². The predicted octanol–water partition coefficient (Wildman–Crippen LogP) is 7.01. The van der Waals surface area contributed by atoms with E-state index in [-0.39, 0.29) is 5.04 Å². The third-order valence-corrected chi connectivity index (χ3v) is 11.3. The van der Waals surface area contributed by atoms with Gasteiger partial charge < -0.3 is 4.43 Å². The molecule has 7 heteroatoms. The smallest absolute Gasteiger partial charge is 0.320 e. The molecular formula is C26H25BrN4OSi. The van der Waals surface area contributed by atoms with E-state index in [4.69, 9.17) is 14.9 Å². The van der Waals surface area contributed by atoms with Crippen LogP contribution < -0.4 is 14.8 Å². The number of hydrogen-bond donors (Lipinski definition) is 0. The van der Waals surface area contributed by atoms with Gasteiger partial charge in [0.05, 0.1) is 5.69 Å². The fourth-order valence-electron chi connectivity index (χ4n) is 4.32. The monoisotopic (exact) mass is 516 g/mol. The van der Waals surface area contributed by atoms with Crippen molar-refractivity contribution in [2.24, 2.45) is 5.11 Å². The molecule has 0 aliphatic carbocycles. The summed E-state index contributed by atoms with van der Waals surface area (Å²) < 4.78 is 7.21. The van der Waals surface area contributed by atoms with Crippen LogP contribution in [0.25, 0.3) is 21.3 Å². The van der Waals surface area contributed by atoms with E-state index in [1.54, 1.807) is 0 Å². The topological polar surface area (TPSA) is 70.9 Å². The van der Waals surface area contributed by atoms with Gasteiger partial charge in [-0.25, -0.2) is 4.98 Å². The maximum atomic E-state index is 9.05. The minimum Gasteiger partial charge on any atom is -0.533 e. The number of hydrogen-bond acceptors (Lipinski definition) is 3. The summed E-state index contributed by atoms with van der Waals surface area (Å²) in [7, 11) is -2.83. The highest BCUT2D eigenvalue weighted by atomic mass is 79.9. The van der Waals surface area contributed by atoms with Crippen molar-refractivity contribution in [1.82, 2.24) is 4.98 Å². The molecule has 5 nitrogen and oxygen atoms in total. The molecule has 0 atom stereocenters. The minimum atomic E-state index is -2.83. The first kappa shape index (κ1) is 23.0. The number of rotatable bonds is 6. The second-order valence-electron chi connectivity index (χ2n) is 8.87. The summed E-state index contributed by atoms with van der Waals surface area (Å²) in [6.45, 7) is 6.73. The Hall–Kier alpha value is -3.12. The Morgan fingerprint density at radius 1 is 0.909 bits per heavy atom. The number of fused-ring (bicyclic) bond motifs is 1. The second-order valence-corrected chi connectivity index (χ2v) is 13.7. The van der Waals surface area contributed by atoms with Gasteiger partial charge in [-0.3, -0.25) is 0 Å². The quantitative estimate of drug-likeness (QED) is 0.0908. The molecule has 33 heavy (non-hydrogen) atoms. The molecule has 0 bridgehead atoms. The fourth-order valence-corrected chi connectivity index (χ4v) is 9.06. The molecule has 0 aliphatic heterocycles. The number of benzene rings is 3. The van der Waals surface area contributed by atoms with Crippen LogP contribution in [-0.2, 0) is 5.33 Å². The van der Waals surface area contributed by atoms with Crippen LogP contribution in [0.1, 0.15) is 26.5 Å². The molecule has 4 rings (SSSR count). The highest BCUT2D eigenvalue weighted by Crippen LogP contribution is 2.40. The summed E-state index contributed by atoms with van der Waals surface area (Å²) in [5.74, 6) is 0.694.